The van der Waals surface area contributed by atoms with Crippen LogP contribution in [0.2, 0.25) is 0 Å². The van der Waals surface area contributed by atoms with Gasteiger partial charge in [-0.1, -0.05) is 53.7 Å². The van der Waals surface area contributed by atoms with E-state index in [-0.39, 0.29) is 29.2 Å². The van der Waals surface area contributed by atoms with Crippen LogP contribution < -0.4 is 0 Å². The number of carboxylic acids is 1. The molecule has 0 aliphatic carbocycles. The van der Waals surface area contributed by atoms with Gasteiger partial charge in [0.25, 0.3) is 0 Å². The van der Waals surface area contributed by atoms with Crippen molar-refractivity contribution in [2.24, 2.45) is 16.7 Å². The summed E-state index contributed by atoms with van der Waals surface area (Å²) in [5.74, 6) is -0.770. The average Bonchev–Trinajstić information content (AvgIpc) is 2.66. The first-order chi connectivity index (χ1) is 15.0. The molecule has 0 spiro atoms. The zero-order valence-electron chi connectivity index (χ0n) is 21.1. The third-order valence-corrected chi connectivity index (χ3v) is 6.76. The van der Waals surface area contributed by atoms with Gasteiger partial charge in [0.05, 0.1) is 5.56 Å². The quantitative estimate of drug-likeness (QED) is 0.420. The van der Waals surface area contributed by atoms with Gasteiger partial charge in [-0.05, 0) is 79.5 Å². The van der Waals surface area contributed by atoms with Crippen LogP contribution >= 0.6 is 0 Å². The van der Waals surface area contributed by atoms with Crippen molar-refractivity contribution >= 4 is 5.97 Å². The number of nitrogens with zero attached hydrogens (tertiary/aromatic N) is 1. The molecule has 2 rings (SSSR count). The molecule has 1 aromatic rings. The Labute approximate surface area is 197 Å². The Morgan fingerprint density at radius 3 is 1.94 bits per heavy atom. The SMILES string of the molecule is CC(C)(C)CCC(CCC(C)(C)C)N1CC[C@@H](CC(=O)O)C[C@H]1c1ccc(C(F)(F)F)cc1. The molecular weight excluding hydrogens is 427 g/mol. The van der Waals surface area contributed by atoms with Crippen LogP contribution in [-0.4, -0.2) is 28.6 Å². The van der Waals surface area contributed by atoms with Crippen molar-refractivity contribution in [3.8, 4) is 0 Å². The number of aliphatic carboxylic acids is 1. The topological polar surface area (TPSA) is 40.5 Å². The number of hydrogen-bond acceptors (Lipinski definition) is 2. The van der Waals surface area contributed by atoms with Crippen molar-refractivity contribution < 1.29 is 23.1 Å². The molecule has 6 heteroatoms. The predicted octanol–water partition coefficient (Wildman–Crippen LogP) is 7.95. The van der Waals surface area contributed by atoms with Gasteiger partial charge < -0.3 is 5.11 Å². The maximum absolute atomic E-state index is 13.1. The van der Waals surface area contributed by atoms with Crippen molar-refractivity contribution in [1.82, 2.24) is 4.90 Å². The molecule has 0 aromatic heterocycles. The van der Waals surface area contributed by atoms with E-state index >= 15 is 0 Å². The molecule has 0 bridgehead atoms. The van der Waals surface area contributed by atoms with E-state index in [4.69, 9.17) is 0 Å². The van der Waals surface area contributed by atoms with Crippen LogP contribution in [-0.2, 0) is 11.0 Å². The Morgan fingerprint density at radius 2 is 1.52 bits per heavy atom. The minimum atomic E-state index is -4.36. The molecule has 3 nitrogen and oxygen atoms in total. The van der Waals surface area contributed by atoms with Gasteiger partial charge in [-0.3, -0.25) is 9.69 Å². The smallest absolute Gasteiger partial charge is 0.416 e. The van der Waals surface area contributed by atoms with Crippen LogP contribution in [0.5, 0.6) is 0 Å². The Hall–Kier alpha value is -1.56. The molecule has 1 heterocycles. The fourth-order valence-corrected chi connectivity index (χ4v) is 4.82. The van der Waals surface area contributed by atoms with E-state index in [1.807, 2.05) is 0 Å². The Balaban J connectivity index is 2.35. The highest BCUT2D eigenvalue weighted by Crippen LogP contribution is 2.41. The van der Waals surface area contributed by atoms with Crippen LogP contribution in [0.4, 0.5) is 13.2 Å². The minimum Gasteiger partial charge on any atom is -0.481 e. The van der Waals surface area contributed by atoms with E-state index in [0.29, 0.717) is 12.5 Å². The lowest BCUT2D eigenvalue weighted by molar-refractivity contribution is -0.139. The lowest BCUT2D eigenvalue weighted by Crippen LogP contribution is -2.44. The molecule has 1 N–H and O–H groups in total. The first-order valence-corrected chi connectivity index (χ1v) is 12.2. The number of piperidine rings is 1. The molecule has 2 atom stereocenters. The third kappa shape index (κ3) is 9.30. The highest BCUT2D eigenvalue weighted by Gasteiger charge is 2.36. The third-order valence-electron chi connectivity index (χ3n) is 6.76. The van der Waals surface area contributed by atoms with E-state index in [1.165, 1.54) is 0 Å². The summed E-state index contributed by atoms with van der Waals surface area (Å²) in [4.78, 5) is 13.8. The van der Waals surface area contributed by atoms with Crippen LogP contribution in [0.25, 0.3) is 0 Å². The Morgan fingerprint density at radius 1 is 1.00 bits per heavy atom. The van der Waals surface area contributed by atoms with Crippen LogP contribution in [0, 0.1) is 16.7 Å². The van der Waals surface area contributed by atoms with Crippen molar-refractivity contribution in [2.75, 3.05) is 6.54 Å². The van der Waals surface area contributed by atoms with E-state index in [0.717, 1.165) is 56.3 Å². The van der Waals surface area contributed by atoms with Crippen LogP contribution in [0.3, 0.4) is 0 Å². The molecule has 1 aliphatic heterocycles. The molecule has 0 radical (unpaired) electrons. The van der Waals surface area contributed by atoms with Gasteiger partial charge in [0.2, 0.25) is 0 Å². The second-order valence-corrected chi connectivity index (χ2v) is 12.2. The van der Waals surface area contributed by atoms with Crippen LogP contribution in [0.15, 0.2) is 24.3 Å². The highest BCUT2D eigenvalue weighted by molar-refractivity contribution is 5.67. The fraction of sp³-hybridized carbons (Fsp3) is 0.741. The van der Waals surface area contributed by atoms with E-state index in [9.17, 15) is 23.1 Å². The van der Waals surface area contributed by atoms with Crippen LogP contribution in [0.1, 0.15) is 104 Å². The minimum absolute atomic E-state index is 0.0388. The lowest BCUT2D eigenvalue weighted by Gasteiger charge is -2.45. The van der Waals surface area contributed by atoms with E-state index in [1.54, 1.807) is 12.1 Å². The molecule has 0 amide bonds. The highest BCUT2D eigenvalue weighted by atomic mass is 19.4. The summed E-state index contributed by atoms with van der Waals surface area (Å²) in [7, 11) is 0. The van der Waals surface area contributed by atoms with Crippen molar-refractivity contribution in [2.45, 2.75) is 105 Å². The van der Waals surface area contributed by atoms with Gasteiger partial charge in [0, 0.05) is 18.5 Å². The number of carbonyl (C=O) groups is 1. The Bertz CT molecular complexity index is 742. The zero-order valence-corrected chi connectivity index (χ0v) is 21.1. The molecule has 1 fully saturated rings. The number of hydrogen-bond donors (Lipinski definition) is 1. The van der Waals surface area contributed by atoms with Gasteiger partial charge in [-0.2, -0.15) is 13.2 Å². The monoisotopic (exact) mass is 469 g/mol. The summed E-state index contributed by atoms with van der Waals surface area (Å²) >= 11 is 0. The number of benzene rings is 1. The van der Waals surface area contributed by atoms with Gasteiger partial charge in [0.15, 0.2) is 0 Å². The zero-order chi connectivity index (χ0) is 25.0. The predicted molar refractivity (Wildman–Crippen MR) is 127 cm³/mol. The molecule has 188 valence electrons. The first kappa shape index (κ1) is 27.7. The second-order valence-electron chi connectivity index (χ2n) is 12.2. The summed E-state index contributed by atoms with van der Waals surface area (Å²) in [6, 6.07) is 5.76. The molecular formula is C27H42F3NO2. The molecule has 1 saturated heterocycles. The Kier molecular flexibility index (Phi) is 9.05. The lowest BCUT2D eigenvalue weighted by atomic mass is 9.80. The summed E-state index contributed by atoms with van der Waals surface area (Å²) in [5.41, 5.74) is 0.610. The summed E-state index contributed by atoms with van der Waals surface area (Å²) in [5, 5.41) is 9.33. The standard InChI is InChI=1S/C27H42F3NO2/c1-25(2,3)14-11-22(12-15-26(4,5)6)31-16-13-19(18-24(32)33)17-23(31)20-7-9-21(10-8-20)27(28,29)30/h7-10,19,22-23H,11-18H2,1-6H3,(H,32,33)/t19-,23+/m1/s1. The number of halogens is 3. The largest absolute Gasteiger partial charge is 0.481 e. The van der Waals surface area contributed by atoms with E-state index in [2.05, 4.69) is 46.4 Å². The van der Waals surface area contributed by atoms with Gasteiger partial charge in [-0.15, -0.1) is 0 Å². The maximum Gasteiger partial charge on any atom is 0.416 e. The molecule has 33 heavy (non-hydrogen) atoms. The van der Waals surface area contributed by atoms with Crippen molar-refractivity contribution in [3.63, 3.8) is 0 Å². The van der Waals surface area contributed by atoms with Gasteiger partial charge in [0.1, 0.15) is 0 Å². The van der Waals surface area contributed by atoms with E-state index < -0.39 is 17.7 Å². The summed E-state index contributed by atoms with van der Waals surface area (Å²) < 4.78 is 39.4. The van der Waals surface area contributed by atoms with Gasteiger partial charge in [-0.25, -0.2) is 0 Å². The average molecular weight is 470 g/mol. The van der Waals surface area contributed by atoms with Crippen molar-refractivity contribution in [1.29, 1.82) is 0 Å². The van der Waals surface area contributed by atoms with Crippen molar-refractivity contribution in [3.05, 3.63) is 35.4 Å². The molecule has 1 aromatic carbocycles. The molecule has 1 aliphatic rings. The normalized spacial score (nSPS) is 20.9. The first-order valence-electron chi connectivity index (χ1n) is 12.2. The second kappa shape index (κ2) is 10.8. The number of alkyl halides is 3. The fourth-order valence-electron chi connectivity index (χ4n) is 4.82. The number of rotatable bonds is 8. The van der Waals surface area contributed by atoms with Gasteiger partial charge >= 0.3 is 12.1 Å². The summed E-state index contributed by atoms with van der Waals surface area (Å²) in [6.45, 7) is 14.2. The maximum atomic E-state index is 13.1. The molecule has 0 unspecified atom stereocenters. The number of likely N-dealkylation sites (tertiary alicyclic amines) is 1. The molecule has 0 saturated carbocycles. The summed E-state index contributed by atoms with van der Waals surface area (Å²) in [6.07, 6.45) is 1.41. The number of carboxylic acid groups (broad SMARTS) is 1.